The zero-order chi connectivity index (χ0) is 13.4. The third-order valence-electron chi connectivity index (χ3n) is 4.96. The molecule has 0 unspecified atom stereocenters. The van der Waals surface area contributed by atoms with Gasteiger partial charge in [0, 0.05) is 34.1 Å². The first-order chi connectivity index (χ1) is 9.20. The van der Waals surface area contributed by atoms with Crippen molar-refractivity contribution in [1.29, 1.82) is 0 Å². The van der Waals surface area contributed by atoms with Gasteiger partial charge in [-0.1, -0.05) is 19.9 Å². The first kappa shape index (κ1) is 13.2. The molecule has 19 heavy (non-hydrogen) atoms. The van der Waals surface area contributed by atoms with Crippen LogP contribution in [-0.4, -0.2) is 18.0 Å². The fraction of sp³-hybridized carbons (Fsp3) is 0.647. The number of hydrogen-bond acceptors (Lipinski definition) is 2. The van der Waals surface area contributed by atoms with Crippen LogP contribution in [0, 0.1) is 12.8 Å². The Kier molecular flexibility index (Phi) is 3.70. The molecule has 0 atom stereocenters. The summed E-state index contributed by atoms with van der Waals surface area (Å²) in [6.07, 6.45) is 7.96. The van der Waals surface area contributed by atoms with Crippen LogP contribution in [0.4, 0.5) is 0 Å². The Bertz CT molecular complexity index is 478. The van der Waals surface area contributed by atoms with Crippen LogP contribution in [0.5, 0.6) is 0 Å². The van der Waals surface area contributed by atoms with Crippen molar-refractivity contribution in [3.8, 4) is 0 Å². The maximum absolute atomic E-state index is 4.44. The molecule has 2 heteroatoms. The zero-order valence-corrected chi connectivity index (χ0v) is 13.1. The number of rotatable bonds is 3. The maximum Gasteiger partial charge on any atom is 0.0380 e. The van der Waals surface area contributed by atoms with Crippen LogP contribution in [0.3, 0.4) is 0 Å². The van der Waals surface area contributed by atoms with Gasteiger partial charge in [0.15, 0.2) is 0 Å². The average Bonchev–Trinajstić information content (AvgIpc) is 2.98. The minimum atomic E-state index is 0.943. The lowest BCUT2D eigenvalue weighted by Gasteiger charge is -2.35. The smallest absolute Gasteiger partial charge is 0.0380 e. The van der Waals surface area contributed by atoms with Crippen LogP contribution in [-0.2, 0) is 12.8 Å². The monoisotopic (exact) mass is 275 g/mol. The molecule has 1 aromatic heterocycles. The number of thiophene rings is 1. The molecule has 1 aromatic rings. The summed E-state index contributed by atoms with van der Waals surface area (Å²) < 4.78 is 0. The standard InChI is InChI=1S/C17H25NS/c1-4-14-8-10-18(11-9-14)12(2)17-13(3)19-16-7-5-6-15(16)17/h14H,2,4-11H2,1,3H3. The van der Waals surface area contributed by atoms with Crippen molar-refractivity contribution >= 4 is 17.0 Å². The van der Waals surface area contributed by atoms with Gasteiger partial charge in [0.2, 0.25) is 0 Å². The van der Waals surface area contributed by atoms with Crippen molar-refractivity contribution in [3.05, 3.63) is 27.5 Å². The lowest BCUT2D eigenvalue weighted by atomic mass is 9.93. The SMILES string of the molecule is C=C(c1c(C)sc2c1CCC2)N1CCC(CC)CC1. The molecule has 0 bridgehead atoms. The van der Waals surface area contributed by atoms with Gasteiger partial charge in [0.05, 0.1) is 0 Å². The van der Waals surface area contributed by atoms with E-state index in [2.05, 4.69) is 25.3 Å². The molecule has 1 saturated heterocycles. The molecule has 3 rings (SSSR count). The maximum atomic E-state index is 4.44. The molecular weight excluding hydrogens is 250 g/mol. The minimum Gasteiger partial charge on any atom is -0.371 e. The summed E-state index contributed by atoms with van der Waals surface area (Å²) in [5.74, 6) is 0.943. The van der Waals surface area contributed by atoms with Gasteiger partial charge < -0.3 is 4.90 Å². The Balaban J connectivity index is 1.78. The van der Waals surface area contributed by atoms with E-state index >= 15 is 0 Å². The number of hydrogen-bond donors (Lipinski definition) is 0. The van der Waals surface area contributed by atoms with E-state index in [4.69, 9.17) is 0 Å². The summed E-state index contributed by atoms with van der Waals surface area (Å²) >= 11 is 2.01. The first-order valence-corrected chi connectivity index (χ1v) is 8.57. The quantitative estimate of drug-likeness (QED) is 0.777. The number of fused-ring (bicyclic) bond motifs is 1. The van der Waals surface area contributed by atoms with Crippen LogP contribution >= 0.6 is 11.3 Å². The third kappa shape index (κ3) is 2.35. The summed E-state index contributed by atoms with van der Waals surface area (Å²) in [6, 6.07) is 0. The minimum absolute atomic E-state index is 0.943. The van der Waals surface area contributed by atoms with E-state index in [1.165, 1.54) is 67.8 Å². The molecule has 0 N–H and O–H groups in total. The van der Waals surface area contributed by atoms with Crippen molar-refractivity contribution in [2.45, 2.75) is 52.4 Å². The van der Waals surface area contributed by atoms with Crippen LogP contribution < -0.4 is 0 Å². The topological polar surface area (TPSA) is 3.24 Å². The van der Waals surface area contributed by atoms with Gasteiger partial charge in [-0.25, -0.2) is 0 Å². The predicted molar refractivity (Wildman–Crippen MR) is 84.7 cm³/mol. The second-order valence-electron chi connectivity index (χ2n) is 6.07. The molecule has 104 valence electrons. The molecular formula is C17H25NS. The van der Waals surface area contributed by atoms with Crippen molar-refractivity contribution in [3.63, 3.8) is 0 Å². The van der Waals surface area contributed by atoms with Gasteiger partial charge in [0.25, 0.3) is 0 Å². The van der Waals surface area contributed by atoms with E-state index in [9.17, 15) is 0 Å². The highest BCUT2D eigenvalue weighted by molar-refractivity contribution is 7.12. The lowest BCUT2D eigenvalue weighted by molar-refractivity contribution is 0.251. The number of likely N-dealkylation sites (tertiary alicyclic amines) is 1. The molecule has 2 heterocycles. The normalized spacial score (nSPS) is 19.8. The van der Waals surface area contributed by atoms with Crippen LogP contribution in [0.1, 0.15) is 53.5 Å². The van der Waals surface area contributed by atoms with Crippen molar-refractivity contribution in [2.75, 3.05) is 13.1 Å². The number of nitrogens with zero attached hydrogens (tertiary/aromatic N) is 1. The Morgan fingerprint density at radius 1 is 1.32 bits per heavy atom. The van der Waals surface area contributed by atoms with Crippen molar-refractivity contribution in [1.82, 2.24) is 4.90 Å². The van der Waals surface area contributed by atoms with Gasteiger partial charge in [-0.05, 0) is 50.5 Å². The van der Waals surface area contributed by atoms with Gasteiger partial charge in [-0.2, -0.15) is 0 Å². The van der Waals surface area contributed by atoms with Crippen LogP contribution in [0.25, 0.3) is 5.70 Å². The summed E-state index contributed by atoms with van der Waals surface area (Å²) in [4.78, 5) is 5.67. The summed E-state index contributed by atoms with van der Waals surface area (Å²) in [5.41, 5.74) is 4.45. The Labute approximate surface area is 121 Å². The molecule has 2 aliphatic rings. The average molecular weight is 275 g/mol. The second-order valence-corrected chi connectivity index (χ2v) is 7.38. The van der Waals surface area contributed by atoms with Crippen LogP contribution in [0.15, 0.2) is 6.58 Å². The molecule has 0 aromatic carbocycles. The molecule has 1 nitrogen and oxygen atoms in total. The summed E-state index contributed by atoms with van der Waals surface area (Å²) in [6.45, 7) is 11.5. The van der Waals surface area contributed by atoms with E-state index < -0.39 is 0 Å². The third-order valence-corrected chi connectivity index (χ3v) is 6.17. The van der Waals surface area contributed by atoms with E-state index in [1.54, 1.807) is 10.4 Å². The Hall–Kier alpha value is -0.760. The predicted octanol–water partition coefficient (Wildman–Crippen LogP) is 4.64. The van der Waals surface area contributed by atoms with Crippen molar-refractivity contribution < 1.29 is 0 Å². The van der Waals surface area contributed by atoms with E-state index in [0.717, 1.165) is 5.92 Å². The van der Waals surface area contributed by atoms with Crippen LogP contribution in [0.2, 0.25) is 0 Å². The van der Waals surface area contributed by atoms with Gasteiger partial charge in [-0.15, -0.1) is 11.3 Å². The Morgan fingerprint density at radius 2 is 2.05 bits per heavy atom. The highest BCUT2D eigenvalue weighted by atomic mass is 32.1. The zero-order valence-electron chi connectivity index (χ0n) is 12.3. The van der Waals surface area contributed by atoms with E-state index in [1.807, 2.05) is 11.3 Å². The second kappa shape index (κ2) is 5.32. The van der Waals surface area contributed by atoms with E-state index in [0.29, 0.717) is 0 Å². The Morgan fingerprint density at radius 3 is 2.74 bits per heavy atom. The highest BCUT2D eigenvalue weighted by Crippen LogP contribution is 2.40. The molecule has 0 radical (unpaired) electrons. The molecule has 1 aliphatic heterocycles. The molecule has 0 saturated carbocycles. The number of aryl methyl sites for hydroxylation is 2. The summed E-state index contributed by atoms with van der Waals surface area (Å²) in [7, 11) is 0. The summed E-state index contributed by atoms with van der Waals surface area (Å²) in [5, 5.41) is 0. The van der Waals surface area contributed by atoms with Gasteiger partial charge in [0.1, 0.15) is 0 Å². The fourth-order valence-electron chi connectivity index (χ4n) is 3.69. The van der Waals surface area contributed by atoms with Gasteiger partial charge in [-0.3, -0.25) is 0 Å². The first-order valence-electron chi connectivity index (χ1n) is 7.76. The van der Waals surface area contributed by atoms with Gasteiger partial charge >= 0.3 is 0 Å². The fourth-order valence-corrected chi connectivity index (χ4v) is 4.97. The molecule has 0 amide bonds. The highest BCUT2D eigenvalue weighted by Gasteiger charge is 2.26. The van der Waals surface area contributed by atoms with E-state index in [-0.39, 0.29) is 0 Å². The largest absolute Gasteiger partial charge is 0.371 e. The number of piperidine rings is 1. The molecule has 0 spiro atoms. The van der Waals surface area contributed by atoms with Crippen molar-refractivity contribution in [2.24, 2.45) is 5.92 Å². The molecule has 1 fully saturated rings. The lowest BCUT2D eigenvalue weighted by Crippen LogP contribution is -2.32. The molecule has 1 aliphatic carbocycles.